The predicted octanol–water partition coefficient (Wildman–Crippen LogP) is 2.49. The van der Waals surface area contributed by atoms with E-state index in [-0.39, 0.29) is 0 Å². The molecule has 3 rings (SSSR count). The summed E-state index contributed by atoms with van der Waals surface area (Å²) in [4.78, 5) is 16.9. The molecule has 2 aromatic heterocycles. The van der Waals surface area contributed by atoms with E-state index in [0.717, 1.165) is 22.4 Å². The monoisotopic (exact) mass is 263 g/mol. The molecule has 0 aliphatic carbocycles. The van der Waals surface area contributed by atoms with Gasteiger partial charge in [-0.3, -0.25) is 0 Å². The number of benzene rings is 1. The molecule has 5 nitrogen and oxygen atoms in total. The highest BCUT2D eigenvalue weighted by molar-refractivity contribution is 5.67. The van der Waals surface area contributed by atoms with E-state index < -0.39 is 0 Å². The van der Waals surface area contributed by atoms with Crippen molar-refractivity contribution in [1.29, 1.82) is 0 Å². The molecule has 20 heavy (non-hydrogen) atoms. The summed E-state index contributed by atoms with van der Waals surface area (Å²) < 4.78 is 0. The molecule has 0 bridgehead atoms. The van der Waals surface area contributed by atoms with Crippen molar-refractivity contribution in [2.24, 2.45) is 0 Å². The van der Waals surface area contributed by atoms with Crippen LogP contribution < -0.4 is 5.73 Å². The Kier molecular flexibility index (Phi) is 3.09. The third-order valence-corrected chi connectivity index (χ3v) is 3.01. The van der Waals surface area contributed by atoms with E-state index in [1.54, 1.807) is 18.6 Å². The Labute approximate surface area is 116 Å². The molecule has 2 N–H and O–H groups in total. The maximum Gasteiger partial charge on any atom is 0.160 e. The molecule has 3 aromatic rings. The molecule has 0 saturated heterocycles. The summed E-state index contributed by atoms with van der Waals surface area (Å²) >= 11 is 0. The molecule has 0 radical (unpaired) electrons. The Bertz CT molecular complexity index is 740. The van der Waals surface area contributed by atoms with Gasteiger partial charge in [0.2, 0.25) is 0 Å². The van der Waals surface area contributed by atoms with Gasteiger partial charge in [0, 0.05) is 35.4 Å². The standard InChI is InChI=1S/C15H13N5/c1-10-2-3-12(16)6-13(10)15-19-5-4-14(20-15)11-7-17-9-18-8-11/h2-9H,16H2,1H3. The van der Waals surface area contributed by atoms with Crippen LogP contribution >= 0.6 is 0 Å². The Hall–Kier alpha value is -2.82. The summed E-state index contributed by atoms with van der Waals surface area (Å²) in [5.74, 6) is 0.649. The van der Waals surface area contributed by atoms with Gasteiger partial charge in [0.15, 0.2) is 5.82 Å². The van der Waals surface area contributed by atoms with Crippen LogP contribution in [0, 0.1) is 6.92 Å². The van der Waals surface area contributed by atoms with Crippen LogP contribution in [0.25, 0.3) is 22.6 Å². The second-order valence-corrected chi connectivity index (χ2v) is 4.47. The zero-order valence-corrected chi connectivity index (χ0v) is 11.0. The Morgan fingerprint density at radius 2 is 1.85 bits per heavy atom. The molecule has 0 unspecified atom stereocenters. The first kappa shape index (κ1) is 12.2. The normalized spacial score (nSPS) is 10.4. The number of hydrogen-bond acceptors (Lipinski definition) is 5. The fourth-order valence-corrected chi connectivity index (χ4v) is 1.96. The molecule has 2 heterocycles. The number of aromatic nitrogens is 4. The molecule has 0 spiro atoms. The number of nitrogens with zero attached hydrogens (tertiary/aromatic N) is 4. The lowest BCUT2D eigenvalue weighted by Gasteiger charge is -2.07. The molecule has 0 saturated carbocycles. The van der Waals surface area contributed by atoms with Crippen LogP contribution in [-0.2, 0) is 0 Å². The molecule has 1 aromatic carbocycles. The minimum absolute atomic E-state index is 0.649. The first-order chi connectivity index (χ1) is 9.74. The third kappa shape index (κ3) is 2.33. The van der Waals surface area contributed by atoms with E-state index >= 15 is 0 Å². The highest BCUT2D eigenvalue weighted by Crippen LogP contribution is 2.24. The first-order valence-corrected chi connectivity index (χ1v) is 6.19. The van der Waals surface area contributed by atoms with Crippen molar-refractivity contribution in [3.8, 4) is 22.6 Å². The lowest BCUT2D eigenvalue weighted by molar-refractivity contribution is 1.13. The van der Waals surface area contributed by atoms with Crippen molar-refractivity contribution >= 4 is 5.69 Å². The van der Waals surface area contributed by atoms with Crippen molar-refractivity contribution in [1.82, 2.24) is 19.9 Å². The lowest BCUT2D eigenvalue weighted by Crippen LogP contribution is -1.95. The Balaban J connectivity index is 2.10. The minimum atomic E-state index is 0.649. The number of rotatable bonds is 2. The van der Waals surface area contributed by atoms with Crippen molar-refractivity contribution < 1.29 is 0 Å². The van der Waals surface area contributed by atoms with Gasteiger partial charge in [-0.1, -0.05) is 6.07 Å². The largest absolute Gasteiger partial charge is 0.399 e. The van der Waals surface area contributed by atoms with Gasteiger partial charge in [-0.15, -0.1) is 0 Å². The highest BCUT2D eigenvalue weighted by atomic mass is 14.9. The first-order valence-electron chi connectivity index (χ1n) is 6.19. The van der Waals surface area contributed by atoms with Crippen LogP contribution in [-0.4, -0.2) is 19.9 Å². The van der Waals surface area contributed by atoms with Gasteiger partial charge >= 0.3 is 0 Å². The van der Waals surface area contributed by atoms with Crippen LogP contribution in [0.1, 0.15) is 5.56 Å². The van der Waals surface area contributed by atoms with E-state index in [1.807, 2.05) is 31.2 Å². The Morgan fingerprint density at radius 1 is 1.05 bits per heavy atom. The second-order valence-electron chi connectivity index (χ2n) is 4.47. The molecule has 0 atom stereocenters. The van der Waals surface area contributed by atoms with E-state index in [4.69, 9.17) is 5.73 Å². The SMILES string of the molecule is Cc1ccc(N)cc1-c1nccc(-c2cncnc2)n1. The summed E-state index contributed by atoms with van der Waals surface area (Å²) in [6.45, 7) is 2.01. The molecule has 0 aliphatic heterocycles. The smallest absolute Gasteiger partial charge is 0.160 e. The van der Waals surface area contributed by atoms with Crippen molar-refractivity contribution in [2.75, 3.05) is 5.73 Å². The molecule has 98 valence electrons. The summed E-state index contributed by atoms with van der Waals surface area (Å²) in [7, 11) is 0. The van der Waals surface area contributed by atoms with E-state index in [0.29, 0.717) is 11.5 Å². The fourth-order valence-electron chi connectivity index (χ4n) is 1.96. The minimum Gasteiger partial charge on any atom is -0.399 e. The van der Waals surface area contributed by atoms with Crippen molar-refractivity contribution in [3.05, 3.63) is 54.7 Å². The zero-order valence-electron chi connectivity index (χ0n) is 11.0. The quantitative estimate of drug-likeness (QED) is 0.719. The van der Waals surface area contributed by atoms with E-state index in [9.17, 15) is 0 Å². The molecule has 0 fully saturated rings. The van der Waals surface area contributed by atoms with Crippen molar-refractivity contribution in [2.45, 2.75) is 6.92 Å². The summed E-state index contributed by atoms with van der Waals surface area (Å²) in [6.07, 6.45) is 6.68. The number of nitrogens with two attached hydrogens (primary N) is 1. The fraction of sp³-hybridized carbons (Fsp3) is 0.0667. The summed E-state index contributed by atoms with van der Waals surface area (Å²) in [5, 5.41) is 0. The number of hydrogen-bond donors (Lipinski definition) is 1. The molecule has 0 amide bonds. The highest BCUT2D eigenvalue weighted by Gasteiger charge is 2.08. The summed E-state index contributed by atoms with van der Waals surface area (Å²) in [6, 6.07) is 7.56. The van der Waals surface area contributed by atoms with Crippen LogP contribution in [0.4, 0.5) is 5.69 Å². The van der Waals surface area contributed by atoms with Gasteiger partial charge in [0.25, 0.3) is 0 Å². The Morgan fingerprint density at radius 3 is 2.65 bits per heavy atom. The maximum absolute atomic E-state index is 5.84. The van der Waals surface area contributed by atoms with Gasteiger partial charge in [-0.25, -0.2) is 19.9 Å². The summed E-state index contributed by atoms with van der Waals surface area (Å²) in [5.41, 5.74) is 10.2. The molecule has 0 aliphatic rings. The average molecular weight is 263 g/mol. The predicted molar refractivity (Wildman–Crippen MR) is 77.6 cm³/mol. The third-order valence-electron chi connectivity index (χ3n) is 3.01. The van der Waals surface area contributed by atoms with Gasteiger partial charge in [-0.2, -0.15) is 0 Å². The van der Waals surface area contributed by atoms with E-state index in [2.05, 4.69) is 19.9 Å². The van der Waals surface area contributed by atoms with Crippen molar-refractivity contribution in [3.63, 3.8) is 0 Å². The second kappa shape index (κ2) is 5.05. The van der Waals surface area contributed by atoms with Crippen LogP contribution in [0.3, 0.4) is 0 Å². The lowest BCUT2D eigenvalue weighted by atomic mass is 10.1. The van der Waals surface area contributed by atoms with Crippen LogP contribution in [0.15, 0.2) is 49.2 Å². The van der Waals surface area contributed by atoms with Gasteiger partial charge in [0.05, 0.1) is 5.69 Å². The molecular formula is C15H13N5. The number of aryl methyl sites for hydroxylation is 1. The molecular weight excluding hydrogens is 250 g/mol. The van der Waals surface area contributed by atoms with Gasteiger partial charge in [0.1, 0.15) is 6.33 Å². The van der Waals surface area contributed by atoms with E-state index in [1.165, 1.54) is 6.33 Å². The number of anilines is 1. The van der Waals surface area contributed by atoms with Crippen LogP contribution in [0.5, 0.6) is 0 Å². The maximum atomic E-state index is 5.84. The molecule has 5 heteroatoms. The topological polar surface area (TPSA) is 77.6 Å². The van der Waals surface area contributed by atoms with Gasteiger partial charge in [-0.05, 0) is 30.7 Å². The number of nitrogen functional groups attached to an aromatic ring is 1. The van der Waals surface area contributed by atoms with Crippen LogP contribution in [0.2, 0.25) is 0 Å². The van der Waals surface area contributed by atoms with Gasteiger partial charge < -0.3 is 5.73 Å². The zero-order chi connectivity index (χ0) is 13.9. The average Bonchev–Trinajstić information content (AvgIpc) is 2.51.